The zero-order valence-corrected chi connectivity index (χ0v) is 12.7. The van der Waals surface area contributed by atoms with Crippen molar-refractivity contribution in [3.05, 3.63) is 29.3 Å². The predicted octanol–water partition coefficient (Wildman–Crippen LogP) is 3.44. The first-order valence-electron chi connectivity index (χ1n) is 3.43. The first-order valence-corrected chi connectivity index (χ1v) is 6.67. The second kappa shape index (κ2) is 4.09. The van der Waals surface area contributed by atoms with Crippen LogP contribution in [-0.2, 0) is 0 Å². The first-order chi connectivity index (χ1) is 6.20. The normalized spacial score (nSPS) is 10.7. The summed E-state index contributed by atoms with van der Waals surface area (Å²) in [5.41, 5.74) is 1.02. The van der Waals surface area contributed by atoms with E-state index in [1.807, 2.05) is 6.20 Å². The third-order valence-electron chi connectivity index (χ3n) is 1.65. The van der Waals surface area contributed by atoms with Crippen molar-refractivity contribution in [2.24, 2.45) is 0 Å². The number of nitrogens with zero attached hydrogens (tertiary/aromatic N) is 2. The van der Waals surface area contributed by atoms with Gasteiger partial charge in [0.1, 0.15) is 6.33 Å². The molecule has 0 saturated carbocycles. The Morgan fingerprint density at radius 2 is 1.85 bits per heavy atom. The predicted molar refractivity (Wildman–Crippen MR) is 77.7 cm³/mol. The molecule has 1 aromatic carbocycles. The smallest absolute Gasteiger partial charge is 0.116 e. The van der Waals surface area contributed by atoms with Crippen LogP contribution in [0, 0.1) is 10.7 Å². The number of benzene rings is 1. The fourth-order valence-corrected chi connectivity index (χ4v) is 3.26. The fraction of sp³-hybridized carbons (Fsp3) is 0. The highest BCUT2D eigenvalue weighted by Gasteiger charge is 2.07. The SMILES string of the molecule is Ic1cc2ncncc2c(I)c1I. The van der Waals surface area contributed by atoms with Gasteiger partial charge in [0.05, 0.1) is 5.52 Å². The Morgan fingerprint density at radius 3 is 2.62 bits per heavy atom. The lowest BCUT2D eigenvalue weighted by atomic mass is 10.2. The third-order valence-corrected chi connectivity index (χ3v) is 6.80. The van der Waals surface area contributed by atoms with Crippen LogP contribution in [0.25, 0.3) is 10.9 Å². The molecule has 0 bridgehead atoms. The number of aromatic nitrogens is 2. The topological polar surface area (TPSA) is 25.8 Å². The van der Waals surface area contributed by atoms with Crippen molar-refractivity contribution in [3.63, 3.8) is 0 Å². The summed E-state index contributed by atoms with van der Waals surface area (Å²) in [7, 11) is 0. The summed E-state index contributed by atoms with van der Waals surface area (Å²) < 4.78 is 3.76. The summed E-state index contributed by atoms with van der Waals surface area (Å²) in [5.74, 6) is 0. The van der Waals surface area contributed by atoms with E-state index in [1.165, 1.54) is 10.7 Å². The monoisotopic (exact) mass is 508 g/mol. The lowest BCUT2D eigenvalue weighted by Gasteiger charge is -2.03. The van der Waals surface area contributed by atoms with Crippen molar-refractivity contribution in [1.29, 1.82) is 0 Å². The molecule has 0 saturated heterocycles. The molecule has 1 aromatic heterocycles. The number of fused-ring (bicyclic) bond motifs is 1. The van der Waals surface area contributed by atoms with Crippen LogP contribution in [0.15, 0.2) is 18.6 Å². The van der Waals surface area contributed by atoms with Crippen molar-refractivity contribution in [3.8, 4) is 0 Å². The van der Waals surface area contributed by atoms with E-state index in [1.54, 1.807) is 6.33 Å². The van der Waals surface area contributed by atoms with Gasteiger partial charge >= 0.3 is 0 Å². The standard InChI is InChI=1S/C8H3I3N2/c9-5-1-6-4(2-12-3-13-6)7(10)8(5)11/h1-3H. The molecule has 0 aliphatic rings. The van der Waals surface area contributed by atoms with Crippen LogP contribution in [0.2, 0.25) is 0 Å². The third kappa shape index (κ3) is 1.91. The number of rotatable bonds is 0. The molecular formula is C8H3I3N2. The molecule has 0 amide bonds. The van der Waals surface area contributed by atoms with Gasteiger partial charge < -0.3 is 0 Å². The van der Waals surface area contributed by atoms with Crippen LogP contribution >= 0.6 is 67.8 Å². The van der Waals surface area contributed by atoms with E-state index in [0.29, 0.717) is 0 Å². The molecule has 0 aliphatic heterocycles. The van der Waals surface area contributed by atoms with Crippen molar-refractivity contribution in [1.82, 2.24) is 9.97 Å². The van der Waals surface area contributed by atoms with Crippen LogP contribution in [-0.4, -0.2) is 9.97 Å². The van der Waals surface area contributed by atoms with E-state index < -0.39 is 0 Å². The second-order valence-electron chi connectivity index (χ2n) is 2.44. The maximum absolute atomic E-state index is 4.22. The molecule has 13 heavy (non-hydrogen) atoms. The van der Waals surface area contributed by atoms with Crippen molar-refractivity contribution >= 4 is 78.7 Å². The molecule has 2 aromatic rings. The summed E-state index contributed by atoms with van der Waals surface area (Å²) in [5, 5.41) is 1.13. The van der Waals surface area contributed by atoms with Crippen molar-refractivity contribution in [2.75, 3.05) is 0 Å². The van der Waals surface area contributed by atoms with Gasteiger partial charge in [0.25, 0.3) is 0 Å². The van der Waals surface area contributed by atoms with Crippen LogP contribution in [0.5, 0.6) is 0 Å². The summed E-state index contributed by atoms with van der Waals surface area (Å²) in [6.07, 6.45) is 3.45. The van der Waals surface area contributed by atoms with E-state index in [2.05, 4.69) is 83.8 Å². The minimum atomic E-state index is 1.02. The number of halogens is 3. The summed E-state index contributed by atoms with van der Waals surface area (Å²) >= 11 is 7.01. The molecule has 0 aliphatic carbocycles. The van der Waals surface area contributed by atoms with E-state index in [-0.39, 0.29) is 0 Å². The average molecular weight is 508 g/mol. The summed E-state index contributed by atoms with van der Waals surface area (Å²) in [6, 6.07) is 2.08. The minimum Gasteiger partial charge on any atom is -0.244 e. The Labute approximate surface area is 116 Å². The average Bonchev–Trinajstić information content (AvgIpc) is 2.15. The molecule has 0 radical (unpaired) electrons. The molecule has 0 atom stereocenters. The molecular weight excluding hydrogens is 505 g/mol. The number of hydrogen-bond acceptors (Lipinski definition) is 2. The van der Waals surface area contributed by atoms with Crippen LogP contribution < -0.4 is 0 Å². The van der Waals surface area contributed by atoms with Gasteiger partial charge in [0.2, 0.25) is 0 Å². The molecule has 2 nitrogen and oxygen atoms in total. The molecule has 66 valence electrons. The summed E-state index contributed by atoms with van der Waals surface area (Å²) in [4.78, 5) is 8.24. The van der Waals surface area contributed by atoms with E-state index >= 15 is 0 Å². The zero-order chi connectivity index (χ0) is 9.42. The van der Waals surface area contributed by atoms with Crippen molar-refractivity contribution < 1.29 is 0 Å². The Hall–Kier alpha value is 0.750. The van der Waals surface area contributed by atoms with Gasteiger partial charge in [0, 0.05) is 22.3 Å². The highest BCUT2D eigenvalue weighted by atomic mass is 127. The molecule has 0 unspecified atom stereocenters. The largest absolute Gasteiger partial charge is 0.244 e. The van der Waals surface area contributed by atoms with E-state index in [0.717, 1.165) is 10.9 Å². The molecule has 0 spiro atoms. The maximum atomic E-state index is 4.22. The van der Waals surface area contributed by atoms with Gasteiger partial charge in [0.15, 0.2) is 0 Å². The lowest BCUT2D eigenvalue weighted by Crippen LogP contribution is -1.90. The van der Waals surface area contributed by atoms with Gasteiger partial charge in [-0.1, -0.05) is 0 Å². The van der Waals surface area contributed by atoms with Gasteiger partial charge in [-0.15, -0.1) is 0 Å². The zero-order valence-electron chi connectivity index (χ0n) is 6.26. The maximum Gasteiger partial charge on any atom is 0.116 e. The molecule has 5 heteroatoms. The fourth-order valence-electron chi connectivity index (χ4n) is 1.03. The van der Waals surface area contributed by atoms with Gasteiger partial charge in [-0.3, -0.25) is 0 Å². The summed E-state index contributed by atoms with van der Waals surface area (Å²) in [6.45, 7) is 0. The highest BCUT2D eigenvalue weighted by molar-refractivity contribution is 14.1. The highest BCUT2D eigenvalue weighted by Crippen LogP contribution is 2.27. The minimum absolute atomic E-state index is 1.02. The quantitative estimate of drug-likeness (QED) is 0.403. The van der Waals surface area contributed by atoms with Crippen LogP contribution in [0.1, 0.15) is 0 Å². The van der Waals surface area contributed by atoms with Gasteiger partial charge in [-0.25, -0.2) is 9.97 Å². The second-order valence-corrected chi connectivity index (χ2v) is 5.76. The number of hydrogen-bond donors (Lipinski definition) is 0. The lowest BCUT2D eigenvalue weighted by molar-refractivity contribution is 1.22. The van der Waals surface area contributed by atoms with Crippen LogP contribution in [0.3, 0.4) is 0 Å². The Bertz CT molecular complexity index is 470. The Morgan fingerprint density at radius 1 is 1.08 bits per heavy atom. The molecule has 1 heterocycles. The van der Waals surface area contributed by atoms with E-state index in [4.69, 9.17) is 0 Å². The van der Waals surface area contributed by atoms with Gasteiger partial charge in [-0.05, 0) is 73.8 Å². The molecule has 0 fully saturated rings. The molecule has 2 rings (SSSR count). The van der Waals surface area contributed by atoms with Crippen LogP contribution in [0.4, 0.5) is 0 Å². The van der Waals surface area contributed by atoms with Crippen molar-refractivity contribution in [2.45, 2.75) is 0 Å². The Kier molecular flexibility index (Phi) is 3.23. The Balaban J connectivity index is 2.94. The first kappa shape index (κ1) is 10.3. The molecule has 0 N–H and O–H groups in total. The van der Waals surface area contributed by atoms with E-state index in [9.17, 15) is 0 Å². The van der Waals surface area contributed by atoms with Gasteiger partial charge in [-0.2, -0.15) is 0 Å².